The van der Waals surface area contributed by atoms with Crippen molar-refractivity contribution in [3.05, 3.63) is 110 Å². The van der Waals surface area contributed by atoms with Crippen molar-refractivity contribution in [2.45, 2.75) is 45.0 Å². The number of thiophene rings is 1. The number of H-pyrrole nitrogens is 1. The summed E-state index contributed by atoms with van der Waals surface area (Å²) in [6, 6.07) is 17.8. The Kier molecular flexibility index (Phi) is 7.32. The van der Waals surface area contributed by atoms with Crippen LogP contribution in [0.1, 0.15) is 46.3 Å². The van der Waals surface area contributed by atoms with Crippen molar-refractivity contribution in [2.24, 2.45) is 0 Å². The van der Waals surface area contributed by atoms with Crippen molar-refractivity contribution in [1.29, 1.82) is 0 Å². The first-order valence-electron chi connectivity index (χ1n) is 13.1. The first-order valence-corrected chi connectivity index (χ1v) is 13.9. The predicted octanol–water partition coefficient (Wildman–Crippen LogP) is 4.84. The van der Waals surface area contributed by atoms with E-state index < -0.39 is 6.04 Å². The number of aromatic amines is 1. The van der Waals surface area contributed by atoms with Crippen molar-refractivity contribution in [3.8, 4) is 0 Å². The lowest BCUT2D eigenvalue weighted by Gasteiger charge is -2.32. The fourth-order valence-electron chi connectivity index (χ4n) is 5.30. The van der Waals surface area contributed by atoms with Gasteiger partial charge in [-0.1, -0.05) is 36.4 Å². The van der Waals surface area contributed by atoms with Gasteiger partial charge in [0.05, 0.1) is 18.2 Å². The Morgan fingerprint density at radius 2 is 2.08 bits per heavy atom. The van der Waals surface area contributed by atoms with Gasteiger partial charge in [-0.2, -0.15) is 0 Å². The Morgan fingerprint density at radius 3 is 2.85 bits per heavy atom. The number of aryl methyl sites for hydroxylation is 1. The number of para-hydroxylation sites is 1. The van der Waals surface area contributed by atoms with Crippen LogP contribution in [0.15, 0.2) is 70.8 Å². The molecule has 4 heterocycles. The highest BCUT2D eigenvalue weighted by Crippen LogP contribution is 2.31. The SMILES string of the molecule is Cc1cccc2cc([C@@H](c3nnnn3Cc3ccc(F)cc3)N(Cc3cccs3)C[C@H]3CCCO3)c(=O)[nH]c12. The monoisotopic (exact) mass is 544 g/mol. The molecule has 0 spiro atoms. The number of nitrogens with one attached hydrogen (secondary N) is 1. The number of pyridine rings is 1. The van der Waals surface area contributed by atoms with Gasteiger partial charge in [-0.05, 0) is 76.4 Å². The van der Waals surface area contributed by atoms with E-state index in [0.29, 0.717) is 31.0 Å². The maximum absolute atomic E-state index is 13.7. The van der Waals surface area contributed by atoms with E-state index in [2.05, 4.69) is 36.9 Å². The van der Waals surface area contributed by atoms with E-state index >= 15 is 0 Å². The van der Waals surface area contributed by atoms with Gasteiger partial charge in [0, 0.05) is 30.1 Å². The highest BCUT2D eigenvalue weighted by atomic mass is 32.1. The third-order valence-electron chi connectivity index (χ3n) is 7.23. The quantitative estimate of drug-likeness (QED) is 0.286. The fraction of sp³-hybridized carbons (Fsp3) is 0.310. The van der Waals surface area contributed by atoms with E-state index in [-0.39, 0.29) is 17.5 Å². The van der Waals surface area contributed by atoms with Crippen LogP contribution in [0, 0.1) is 12.7 Å². The molecule has 0 amide bonds. The molecule has 0 radical (unpaired) electrons. The van der Waals surface area contributed by atoms with Crippen LogP contribution in [0.25, 0.3) is 10.9 Å². The van der Waals surface area contributed by atoms with Crippen LogP contribution in [0.5, 0.6) is 0 Å². The number of aromatic nitrogens is 5. The second kappa shape index (κ2) is 11.2. The average molecular weight is 545 g/mol. The second-order valence-electron chi connectivity index (χ2n) is 9.96. The van der Waals surface area contributed by atoms with Gasteiger partial charge >= 0.3 is 0 Å². The van der Waals surface area contributed by atoms with Gasteiger partial charge in [0.1, 0.15) is 11.9 Å². The van der Waals surface area contributed by atoms with Crippen molar-refractivity contribution in [3.63, 3.8) is 0 Å². The van der Waals surface area contributed by atoms with E-state index in [0.717, 1.165) is 41.5 Å². The Morgan fingerprint density at radius 1 is 1.21 bits per heavy atom. The summed E-state index contributed by atoms with van der Waals surface area (Å²) in [5.74, 6) is 0.247. The number of halogens is 1. The largest absolute Gasteiger partial charge is 0.377 e. The Bertz CT molecular complexity index is 1610. The van der Waals surface area contributed by atoms with Crippen LogP contribution in [0.2, 0.25) is 0 Å². The molecule has 8 nitrogen and oxygen atoms in total. The zero-order valence-electron chi connectivity index (χ0n) is 21.6. The standard InChI is InChI=1S/C29H29FN6O2S/c1-19-5-2-6-21-15-25(29(37)31-26(19)21)27(28-32-33-34-36(28)16-20-9-11-22(30)12-10-20)35(17-23-7-3-13-38-23)18-24-8-4-14-39-24/h2,4-6,8-12,14-15,23,27H,3,7,13,16-18H2,1H3,(H,31,37)/t23-,27+/m1/s1. The number of benzene rings is 2. The summed E-state index contributed by atoms with van der Waals surface area (Å²) < 4.78 is 21.3. The van der Waals surface area contributed by atoms with Gasteiger partial charge in [-0.25, -0.2) is 9.07 Å². The fourth-order valence-corrected chi connectivity index (χ4v) is 6.03. The molecule has 39 heavy (non-hydrogen) atoms. The van der Waals surface area contributed by atoms with E-state index in [9.17, 15) is 9.18 Å². The first-order chi connectivity index (χ1) is 19.0. The first kappa shape index (κ1) is 25.5. The van der Waals surface area contributed by atoms with Crippen LogP contribution in [-0.2, 0) is 17.8 Å². The highest BCUT2D eigenvalue weighted by Gasteiger charge is 2.33. The summed E-state index contributed by atoms with van der Waals surface area (Å²) in [7, 11) is 0. The molecule has 1 aliphatic heterocycles. The summed E-state index contributed by atoms with van der Waals surface area (Å²) in [5.41, 5.74) is 3.07. The summed E-state index contributed by atoms with van der Waals surface area (Å²) in [5, 5.41) is 15.8. The second-order valence-corrected chi connectivity index (χ2v) is 11.0. The molecule has 10 heteroatoms. The summed E-state index contributed by atoms with van der Waals surface area (Å²) in [6.07, 6.45) is 2.03. The highest BCUT2D eigenvalue weighted by molar-refractivity contribution is 7.09. The van der Waals surface area contributed by atoms with Gasteiger partial charge in [-0.15, -0.1) is 16.4 Å². The van der Waals surface area contributed by atoms with Crippen LogP contribution < -0.4 is 5.56 Å². The third kappa shape index (κ3) is 5.54. The summed E-state index contributed by atoms with van der Waals surface area (Å²) >= 11 is 1.67. The number of hydrogen-bond donors (Lipinski definition) is 1. The summed E-state index contributed by atoms with van der Waals surface area (Å²) in [4.78, 5) is 20.3. The minimum absolute atomic E-state index is 0.0515. The molecule has 200 valence electrons. The lowest BCUT2D eigenvalue weighted by Crippen LogP contribution is -2.39. The number of fused-ring (bicyclic) bond motifs is 1. The minimum atomic E-state index is -0.541. The number of rotatable bonds is 9. The number of tetrazole rings is 1. The normalized spacial score (nSPS) is 16.3. The molecule has 6 rings (SSSR count). The van der Waals surface area contributed by atoms with E-state index in [1.54, 1.807) is 28.2 Å². The van der Waals surface area contributed by atoms with E-state index in [4.69, 9.17) is 4.74 Å². The lowest BCUT2D eigenvalue weighted by atomic mass is 10.0. The minimum Gasteiger partial charge on any atom is -0.377 e. The molecule has 0 aliphatic carbocycles. The van der Waals surface area contributed by atoms with Gasteiger partial charge in [0.15, 0.2) is 5.82 Å². The zero-order valence-corrected chi connectivity index (χ0v) is 22.4. The van der Waals surface area contributed by atoms with E-state index in [1.807, 2.05) is 37.3 Å². The smallest absolute Gasteiger partial charge is 0.253 e. The molecule has 2 atom stereocenters. The maximum atomic E-state index is 13.7. The van der Waals surface area contributed by atoms with Gasteiger partial charge in [0.25, 0.3) is 5.56 Å². The molecule has 5 aromatic rings. The summed E-state index contributed by atoms with van der Waals surface area (Å²) in [6.45, 7) is 4.30. The van der Waals surface area contributed by atoms with Crippen molar-refractivity contribution >= 4 is 22.2 Å². The molecular formula is C29H29FN6O2S. The van der Waals surface area contributed by atoms with Crippen LogP contribution in [0.3, 0.4) is 0 Å². The van der Waals surface area contributed by atoms with Crippen molar-refractivity contribution in [1.82, 2.24) is 30.1 Å². The lowest BCUT2D eigenvalue weighted by molar-refractivity contribution is 0.0578. The molecule has 0 saturated carbocycles. The van der Waals surface area contributed by atoms with E-state index in [1.165, 1.54) is 17.0 Å². The van der Waals surface area contributed by atoms with Gasteiger partial charge in [-0.3, -0.25) is 9.69 Å². The number of nitrogens with zero attached hydrogens (tertiary/aromatic N) is 5. The zero-order chi connectivity index (χ0) is 26.8. The third-order valence-corrected chi connectivity index (χ3v) is 8.09. The molecule has 1 saturated heterocycles. The van der Waals surface area contributed by atoms with Gasteiger partial charge in [0.2, 0.25) is 0 Å². The Hall–Kier alpha value is -3.73. The number of ether oxygens (including phenoxy) is 1. The molecule has 2 aromatic carbocycles. The molecule has 1 N–H and O–H groups in total. The molecule has 3 aromatic heterocycles. The predicted molar refractivity (Wildman–Crippen MR) is 148 cm³/mol. The Balaban J connectivity index is 1.49. The topological polar surface area (TPSA) is 88.9 Å². The molecule has 0 unspecified atom stereocenters. The van der Waals surface area contributed by atoms with Crippen molar-refractivity contribution < 1.29 is 9.13 Å². The van der Waals surface area contributed by atoms with Crippen LogP contribution in [-0.4, -0.2) is 49.3 Å². The number of hydrogen-bond acceptors (Lipinski definition) is 7. The molecule has 1 aliphatic rings. The Labute approximate surface area is 229 Å². The average Bonchev–Trinajstić information content (AvgIpc) is 3.71. The van der Waals surface area contributed by atoms with Crippen LogP contribution in [0.4, 0.5) is 4.39 Å². The van der Waals surface area contributed by atoms with Crippen molar-refractivity contribution in [2.75, 3.05) is 13.2 Å². The van der Waals surface area contributed by atoms with Gasteiger partial charge < -0.3 is 9.72 Å². The maximum Gasteiger partial charge on any atom is 0.253 e. The molecular weight excluding hydrogens is 515 g/mol. The molecule has 1 fully saturated rings. The van der Waals surface area contributed by atoms with Crippen LogP contribution >= 0.6 is 11.3 Å². The molecule has 0 bridgehead atoms.